The molecule has 1 heterocycles. The van der Waals surface area contributed by atoms with Crippen molar-refractivity contribution >= 4 is 11.7 Å². The lowest BCUT2D eigenvalue weighted by Crippen LogP contribution is -2.33. The second-order valence-electron chi connectivity index (χ2n) is 6.80. The number of aryl methyl sites for hydroxylation is 2. The Hall–Kier alpha value is -3.42. The zero-order valence-corrected chi connectivity index (χ0v) is 16.6. The van der Waals surface area contributed by atoms with Crippen molar-refractivity contribution in [1.29, 1.82) is 0 Å². The first-order valence-electron chi connectivity index (χ1n) is 9.20. The topological polar surface area (TPSA) is 80.5 Å². The largest absolute Gasteiger partial charge is 0.484 e. The van der Waals surface area contributed by atoms with Crippen LogP contribution in [0.15, 0.2) is 47.0 Å². The van der Waals surface area contributed by atoms with E-state index in [2.05, 4.69) is 21.5 Å². The standard InChI is InChI=1S/C21H23FN4O3/c1-14-10-15(2)12-16(11-14)28-13-20-24-19(25-29-20)8-9-26(3)21(27)23-18-7-5-4-6-17(18)22/h4-7,10-12H,8-9,13H2,1-3H3,(H,23,27). The molecule has 0 spiro atoms. The Bertz CT molecular complexity index is 969. The Kier molecular flexibility index (Phi) is 6.43. The zero-order valence-electron chi connectivity index (χ0n) is 16.6. The highest BCUT2D eigenvalue weighted by molar-refractivity contribution is 5.89. The van der Waals surface area contributed by atoms with E-state index in [4.69, 9.17) is 9.26 Å². The summed E-state index contributed by atoms with van der Waals surface area (Å²) in [4.78, 5) is 17.9. The molecule has 0 aliphatic heterocycles. The lowest BCUT2D eigenvalue weighted by molar-refractivity contribution is 0.222. The van der Waals surface area contributed by atoms with Gasteiger partial charge < -0.3 is 19.5 Å². The zero-order chi connectivity index (χ0) is 20.8. The number of ether oxygens (including phenoxy) is 1. The molecule has 3 aromatic rings. The molecule has 0 aliphatic rings. The summed E-state index contributed by atoms with van der Waals surface area (Å²) >= 11 is 0. The first-order chi connectivity index (χ1) is 13.9. The molecular weight excluding hydrogens is 375 g/mol. The van der Waals surface area contributed by atoms with E-state index in [1.165, 1.54) is 17.0 Å². The molecule has 0 aliphatic carbocycles. The molecule has 0 fully saturated rings. The average Bonchev–Trinajstić information content (AvgIpc) is 3.13. The van der Waals surface area contributed by atoms with Gasteiger partial charge in [0.2, 0.25) is 0 Å². The van der Waals surface area contributed by atoms with Gasteiger partial charge in [0.25, 0.3) is 5.89 Å². The van der Waals surface area contributed by atoms with Crippen molar-refractivity contribution in [3.05, 3.63) is 71.1 Å². The third-order valence-electron chi connectivity index (χ3n) is 4.20. The van der Waals surface area contributed by atoms with E-state index in [0.29, 0.717) is 24.7 Å². The normalized spacial score (nSPS) is 10.6. The summed E-state index contributed by atoms with van der Waals surface area (Å²) in [6, 6.07) is 11.5. The maximum Gasteiger partial charge on any atom is 0.321 e. The number of nitrogens with one attached hydrogen (secondary N) is 1. The van der Waals surface area contributed by atoms with Gasteiger partial charge >= 0.3 is 6.03 Å². The lowest BCUT2D eigenvalue weighted by Gasteiger charge is -2.17. The molecule has 0 radical (unpaired) electrons. The van der Waals surface area contributed by atoms with E-state index in [-0.39, 0.29) is 12.3 Å². The molecule has 0 saturated heterocycles. The molecule has 3 rings (SSSR count). The highest BCUT2D eigenvalue weighted by Crippen LogP contribution is 2.17. The van der Waals surface area contributed by atoms with E-state index < -0.39 is 11.8 Å². The summed E-state index contributed by atoms with van der Waals surface area (Å²) in [5.41, 5.74) is 2.36. The number of anilines is 1. The molecule has 2 aromatic carbocycles. The second kappa shape index (κ2) is 9.18. The van der Waals surface area contributed by atoms with Crippen molar-refractivity contribution in [2.45, 2.75) is 26.9 Å². The minimum absolute atomic E-state index is 0.134. The van der Waals surface area contributed by atoms with E-state index in [1.807, 2.05) is 26.0 Å². The third-order valence-corrected chi connectivity index (χ3v) is 4.20. The van der Waals surface area contributed by atoms with Crippen LogP contribution < -0.4 is 10.1 Å². The predicted molar refractivity (Wildman–Crippen MR) is 106 cm³/mol. The lowest BCUT2D eigenvalue weighted by atomic mass is 10.1. The van der Waals surface area contributed by atoms with Crippen LogP contribution in [-0.4, -0.2) is 34.7 Å². The number of likely N-dealkylation sites (N-methyl/N-ethyl adjacent to an activating group) is 1. The summed E-state index contributed by atoms with van der Waals surface area (Å²) in [5.74, 6) is 1.08. The number of carbonyl (C=O) groups excluding carboxylic acids is 1. The first kappa shape index (κ1) is 20.3. The fourth-order valence-electron chi connectivity index (χ4n) is 2.75. The summed E-state index contributed by atoms with van der Waals surface area (Å²) in [6.45, 7) is 4.52. The van der Waals surface area contributed by atoms with Crippen LogP contribution in [0, 0.1) is 19.7 Å². The molecule has 0 bridgehead atoms. The van der Waals surface area contributed by atoms with Crippen LogP contribution in [0.5, 0.6) is 5.75 Å². The number of rotatable bonds is 7. The number of halogens is 1. The van der Waals surface area contributed by atoms with Crippen LogP contribution >= 0.6 is 0 Å². The number of hydrogen-bond donors (Lipinski definition) is 1. The molecule has 8 heteroatoms. The van der Waals surface area contributed by atoms with Crippen molar-refractivity contribution < 1.29 is 18.4 Å². The SMILES string of the molecule is Cc1cc(C)cc(OCc2nc(CCN(C)C(=O)Nc3ccccc3F)no2)c1. The Morgan fingerprint density at radius 3 is 2.66 bits per heavy atom. The molecule has 0 saturated carbocycles. The van der Waals surface area contributed by atoms with E-state index in [9.17, 15) is 9.18 Å². The van der Waals surface area contributed by atoms with Crippen LogP contribution in [0.2, 0.25) is 0 Å². The Labute approximate surface area is 168 Å². The molecule has 1 N–H and O–H groups in total. The van der Waals surface area contributed by atoms with Gasteiger partial charge in [0, 0.05) is 20.0 Å². The van der Waals surface area contributed by atoms with Gasteiger partial charge in [-0.15, -0.1) is 0 Å². The van der Waals surface area contributed by atoms with Crippen LogP contribution in [-0.2, 0) is 13.0 Å². The molecule has 29 heavy (non-hydrogen) atoms. The number of hydrogen-bond acceptors (Lipinski definition) is 5. The van der Waals surface area contributed by atoms with E-state index in [1.54, 1.807) is 19.2 Å². The monoisotopic (exact) mass is 398 g/mol. The van der Waals surface area contributed by atoms with Gasteiger partial charge in [-0.2, -0.15) is 4.98 Å². The second-order valence-corrected chi connectivity index (χ2v) is 6.80. The van der Waals surface area contributed by atoms with Crippen LogP contribution in [0.25, 0.3) is 0 Å². The van der Waals surface area contributed by atoms with Gasteiger partial charge in [0.05, 0.1) is 5.69 Å². The van der Waals surface area contributed by atoms with Crippen molar-refractivity contribution in [2.75, 3.05) is 18.9 Å². The number of benzene rings is 2. The molecule has 2 amide bonds. The van der Waals surface area contributed by atoms with Gasteiger partial charge in [-0.25, -0.2) is 9.18 Å². The minimum atomic E-state index is -0.485. The molecule has 152 valence electrons. The van der Waals surface area contributed by atoms with Crippen molar-refractivity contribution in [2.24, 2.45) is 0 Å². The number of urea groups is 1. The predicted octanol–water partition coefficient (Wildman–Crippen LogP) is 4.11. The number of amides is 2. The van der Waals surface area contributed by atoms with Gasteiger partial charge in [0.1, 0.15) is 11.6 Å². The minimum Gasteiger partial charge on any atom is -0.484 e. The van der Waals surface area contributed by atoms with Gasteiger partial charge in [-0.1, -0.05) is 23.4 Å². The highest BCUT2D eigenvalue weighted by atomic mass is 19.1. The van der Waals surface area contributed by atoms with E-state index >= 15 is 0 Å². The quantitative estimate of drug-likeness (QED) is 0.648. The fraction of sp³-hybridized carbons (Fsp3) is 0.286. The Balaban J connectivity index is 1.48. The van der Waals surface area contributed by atoms with E-state index in [0.717, 1.165) is 16.9 Å². The van der Waals surface area contributed by atoms with Gasteiger partial charge in [-0.05, 0) is 49.2 Å². The summed E-state index contributed by atoms with van der Waals surface area (Å²) in [6.07, 6.45) is 0.397. The number of para-hydroxylation sites is 1. The molecule has 7 nitrogen and oxygen atoms in total. The smallest absolute Gasteiger partial charge is 0.321 e. The average molecular weight is 398 g/mol. The van der Waals surface area contributed by atoms with Crippen molar-refractivity contribution in [3.8, 4) is 5.75 Å². The van der Waals surface area contributed by atoms with Crippen LogP contribution in [0.4, 0.5) is 14.9 Å². The third kappa shape index (κ3) is 5.78. The molecule has 0 unspecified atom stereocenters. The van der Waals surface area contributed by atoms with Gasteiger partial charge in [0.15, 0.2) is 12.4 Å². The van der Waals surface area contributed by atoms with Crippen molar-refractivity contribution in [1.82, 2.24) is 15.0 Å². The summed E-state index contributed by atoms with van der Waals surface area (Å²) < 4.78 is 24.5. The Morgan fingerprint density at radius 1 is 1.21 bits per heavy atom. The fourth-order valence-corrected chi connectivity index (χ4v) is 2.75. The number of nitrogens with zero attached hydrogens (tertiary/aromatic N) is 3. The summed E-state index contributed by atoms with van der Waals surface area (Å²) in [7, 11) is 1.61. The number of carbonyl (C=O) groups is 1. The van der Waals surface area contributed by atoms with Crippen LogP contribution in [0.3, 0.4) is 0 Å². The highest BCUT2D eigenvalue weighted by Gasteiger charge is 2.13. The molecule has 1 aromatic heterocycles. The number of aromatic nitrogens is 2. The Morgan fingerprint density at radius 2 is 1.93 bits per heavy atom. The van der Waals surface area contributed by atoms with Gasteiger partial charge in [-0.3, -0.25) is 0 Å². The van der Waals surface area contributed by atoms with Crippen molar-refractivity contribution in [3.63, 3.8) is 0 Å². The maximum absolute atomic E-state index is 13.6. The molecule has 0 atom stereocenters. The first-order valence-corrected chi connectivity index (χ1v) is 9.20. The molecular formula is C21H23FN4O3. The van der Waals surface area contributed by atoms with Crippen LogP contribution in [0.1, 0.15) is 22.8 Å². The summed E-state index contributed by atoms with van der Waals surface area (Å²) in [5, 5.41) is 6.44. The maximum atomic E-state index is 13.6.